The summed E-state index contributed by atoms with van der Waals surface area (Å²) in [7, 11) is 0. The fourth-order valence-corrected chi connectivity index (χ4v) is 3.14. The third-order valence-corrected chi connectivity index (χ3v) is 4.48. The molecule has 0 aromatic heterocycles. The second kappa shape index (κ2) is 7.62. The van der Waals surface area contributed by atoms with E-state index in [1.54, 1.807) is 42.5 Å². The lowest BCUT2D eigenvalue weighted by atomic mass is 10.1. The first-order valence-electron chi connectivity index (χ1n) is 7.91. The van der Waals surface area contributed by atoms with Crippen LogP contribution in [0.4, 0.5) is 0 Å². The minimum atomic E-state index is -0.462. The number of carbonyl (C=O) groups is 2. The number of hydrogen-bond donors (Lipinski definition) is 0. The molecule has 0 bridgehead atoms. The van der Waals surface area contributed by atoms with Crippen molar-refractivity contribution in [3.63, 3.8) is 0 Å². The third-order valence-electron chi connectivity index (χ3n) is 3.98. The van der Waals surface area contributed by atoms with E-state index in [0.29, 0.717) is 17.1 Å². The second-order valence-corrected chi connectivity index (χ2v) is 6.69. The van der Waals surface area contributed by atoms with Gasteiger partial charge in [0.05, 0.1) is 11.5 Å². The van der Waals surface area contributed by atoms with Crippen LogP contribution >= 0.6 is 15.9 Å². The van der Waals surface area contributed by atoms with Crippen LogP contribution in [-0.4, -0.2) is 11.9 Å². The lowest BCUT2D eigenvalue weighted by Gasteiger charge is -2.10. The summed E-state index contributed by atoms with van der Waals surface area (Å²) >= 11 is 3.32. The van der Waals surface area contributed by atoms with Crippen LogP contribution in [0.2, 0.25) is 0 Å². The Bertz CT molecular complexity index is 751. The van der Waals surface area contributed by atoms with Crippen molar-refractivity contribution in [2.24, 2.45) is 5.92 Å². The van der Waals surface area contributed by atoms with Gasteiger partial charge >= 0.3 is 11.9 Å². The first-order chi connectivity index (χ1) is 11.6. The Kier molecular flexibility index (Phi) is 5.30. The predicted molar refractivity (Wildman–Crippen MR) is 93.1 cm³/mol. The third kappa shape index (κ3) is 4.23. The van der Waals surface area contributed by atoms with Gasteiger partial charge in [0, 0.05) is 10.5 Å². The second-order valence-electron chi connectivity index (χ2n) is 5.78. The molecule has 1 aliphatic carbocycles. The molecule has 0 atom stereocenters. The lowest BCUT2D eigenvalue weighted by molar-refractivity contribution is -0.138. The first kappa shape index (κ1) is 16.7. The van der Waals surface area contributed by atoms with Gasteiger partial charge in [-0.25, -0.2) is 4.79 Å². The maximum absolute atomic E-state index is 12.2. The number of rotatable bonds is 4. The summed E-state index contributed by atoms with van der Waals surface area (Å²) in [5.41, 5.74) is 0.442. The molecule has 0 heterocycles. The van der Waals surface area contributed by atoms with Crippen LogP contribution in [0.3, 0.4) is 0 Å². The van der Waals surface area contributed by atoms with E-state index < -0.39 is 5.97 Å². The molecule has 4 nitrogen and oxygen atoms in total. The molecular formula is C19H17BrO4. The standard InChI is InChI=1S/C19H17BrO4/c20-15-8-3-7-14(11-15)19(22)24-17-10-4-9-16(12-17)23-18(21)13-5-1-2-6-13/h3-4,7-13H,1-2,5-6H2. The maximum atomic E-state index is 12.2. The van der Waals surface area contributed by atoms with Gasteiger partial charge in [-0.3, -0.25) is 4.79 Å². The summed E-state index contributed by atoms with van der Waals surface area (Å²) in [6, 6.07) is 13.6. The average Bonchev–Trinajstić information content (AvgIpc) is 3.10. The van der Waals surface area contributed by atoms with Crippen LogP contribution in [0.25, 0.3) is 0 Å². The maximum Gasteiger partial charge on any atom is 0.343 e. The summed E-state index contributed by atoms with van der Waals surface area (Å²) in [5, 5.41) is 0. The van der Waals surface area contributed by atoms with Gasteiger partial charge in [0.2, 0.25) is 0 Å². The van der Waals surface area contributed by atoms with E-state index in [-0.39, 0.29) is 11.9 Å². The first-order valence-corrected chi connectivity index (χ1v) is 8.70. The van der Waals surface area contributed by atoms with Crippen molar-refractivity contribution in [1.29, 1.82) is 0 Å². The normalized spacial score (nSPS) is 14.4. The highest BCUT2D eigenvalue weighted by Gasteiger charge is 2.24. The van der Waals surface area contributed by atoms with Crippen molar-refractivity contribution in [2.45, 2.75) is 25.7 Å². The molecule has 2 aromatic rings. The van der Waals surface area contributed by atoms with Crippen molar-refractivity contribution in [3.8, 4) is 11.5 Å². The van der Waals surface area contributed by atoms with Crippen molar-refractivity contribution in [2.75, 3.05) is 0 Å². The van der Waals surface area contributed by atoms with Crippen LogP contribution in [0.5, 0.6) is 11.5 Å². The van der Waals surface area contributed by atoms with Gasteiger partial charge in [-0.1, -0.05) is 40.9 Å². The molecule has 0 unspecified atom stereocenters. The van der Waals surface area contributed by atoms with Gasteiger partial charge in [0.1, 0.15) is 11.5 Å². The van der Waals surface area contributed by atoms with E-state index in [0.717, 1.165) is 30.2 Å². The highest BCUT2D eigenvalue weighted by Crippen LogP contribution is 2.28. The Morgan fingerprint density at radius 3 is 2.29 bits per heavy atom. The van der Waals surface area contributed by atoms with E-state index in [4.69, 9.17) is 9.47 Å². The average molecular weight is 389 g/mol. The summed E-state index contributed by atoms with van der Waals surface area (Å²) < 4.78 is 11.6. The van der Waals surface area contributed by atoms with Gasteiger partial charge in [-0.15, -0.1) is 0 Å². The molecule has 0 saturated heterocycles. The molecule has 3 rings (SSSR count). The zero-order valence-electron chi connectivity index (χ0n) is 13.0. The monoisotopic (exact) mass is 388 g/mol. The number of ether oxygens (including phenoxy) is 2. The minimum absolute atomic E-state index is 0.0159. The summed E-state index contributed by atoms with van der Waals surface area (Å²) in [5.74, 6) is 0.0551. The van der Waals surface area contributed by atoms with E-state index >= 15 is 0 Å². The smallest absolute Gasteiger partial charge is 0.343 e. The Labute approximate surface area is 148 Å². The number of halogens is 1. The topological polar surface area (TPSA) is 52.6 Å². The van der Waals surface area contributed by atoms with E-state index in [1.807, 2.05) is 6.07 Å². The zero-order chi connectivity index (χ0) is 16.9. The Hall–Kier alpha value is -2.14. The molecule has 124 valence electrons. The summed E-state index contributed by atoms with van der Waals surface area (Å²) in [6.07, 6.45) is 3.92. The molecule has 0 N–H and O–H groups in total. The van der Waals surface area contributed by atoms with Gasteiger partial charge in [0.25, 0.3) is 0 Å². The molecule has 1 saturated carbocycles. The predicted octanol–water partition coefficient (Wildman–Crippen LogP) is 4.76. The number of hydrogen-bond acceptors (Lipinski definition) is 4. The fourth-order valence-electron chi connectivity index (χ4n) is 2.74. The molecule has 5 heteroatoms. The van der Waals surface area contributed by atoms with Crippen molar-refractivity contribution >= 4 is 27.9 Å². The minimum Gasteiger partial charge on any atom is -0.426 e. The molecular weight excluding hydrogens is 372 g/mol. The van der Waals surface area contributed by atoms with E-state index in [2.05, 4.69) is 15.9 Å². The molecule has 0 aliphatic heterocycles. The highest BCUT2D eigenvalue weighted by atomic mass is 79.9. The van der Waals surface area contributed by atoms with Gasteiger partial charge in [-0.05, 0) is 43.2 Å². The van der Waals surface area contributed by atoms with Crippen LogP contribution in [0, 0.1) is 5.92 Å². The SMILES string of the molecule is O=C(Oc1cccc(OC(=O)C2CCCC2)c1)c1cccc(Br)c1. The van der Waals surface area contributed by atoms with Crippen molar-refractivity contribution in [3.05, 3.63) is 58.6 Å². The van der Waals surface area contributed by atoms with Crippen LogP contribution in [-0.2, 0) is 4.79 Å². The molecule has 24 heavy (non-hydrogen) atoms. The fraction of sp³-hybridized carbons (Fsp3) is 0.263. The molecule has 2 aromatic carbocycles. The van der Waals surface area contributed by atoms with Crippen molar-refractivity contribution in [1.82, 2.24) is 0 Å². The van der Waals surface area contributed by atoms with Gasteiger partial charge in [0.15, 0.2) is 0 Å². The number of benzene rings is 2. The van der Waals surface area contributed by atoms with Gasteiger partial charge < -0.3 is 9.47 Å². The van der Waals surface area contributed by atoms with E-state index in [9.17, 15) is 9.59 Å². The molecule has 0 spiro atoms. The van der Waals surface area contributed by atoms with Crippen LogP contribution in [0.15, 0.2) is 53.0 Å². The Balaban J connectivity index is 1.66. The van der Waals surface area contributed by atoms with Crippen LogP contribution < -0.4 is 9.47 Å². The largest absolute Gasteiger partial charge is 0.426 e. The number of carbonyl (C=O) groups excluding carboxylic acids is 2. The Morgan fingerprint density at radius 1 is 0.917 bits per heavy atom. The molecule has 0 radical (unpaired) electrons. The zero-order valence-corrected chi connectivity index (χ0v) is 14.6. The van der Waals surface area contributed by atoms with Crippen molar-refractivity contribution < 1.29 is 19.1 Å². The van der Waals surface area contributed by atoms with E-state index in [1.165, 1.54) is 0 Å². The summed E-state index contributed by atoms with van der Waals surface area (Å²) in [4.78, 5) is 24.2. The quantitative estimate of drug-likeness (QED) is 0.559. The van der Waals surface area contributed by atoms with Gasteiger partial charge in [-0.2, -0.15) is 0 Å². The molecule has 0 amide bonds. The van der Waals surface area contributed by atoms with Crippen LogP contribution in [0.1, 0.15) is 36.0 Å². The number of esters is 2. The molecule has 1 aliphatic rings. The lowest BCUT2D eigenvalue weighted by Crippen LogP contribution is -2.17. The highest BCUT2D eigenvalue weighted by molar-refractivity contribution is 9.10. The Morgan fingerprint density at radius 2 is 1.58 bits per heavy atom. The molecule has 1 fully saturated rings. The summed E-state index contributed by atoms with van der Waals surface area (Å²) in [6.45, 7) is 0.